The molecular formula is C10H12S. The van der Waals surface area contributed by atoms with Gasteiger partial charge < -0.3 is 0 Å². The lowest BCUT2D eigenvalue weighted by Crippen LogP contribution is -2.35. The van der Waals surface area contributed by atoms with Gasteiger partial charge in [0.15, 0.2) is 0 Å². The van der Waals surface area contributed by atoms with Gasteiger partial charge in [0, 0.05) is 5.41 Å². The smallest absolute Gasteiger partial charge is 0.0179 e. The number of thiophene rings is 1. The van der Waals surface area contributed by atoms with Crippen LogP contribution in [0, 0.1) is 0 Å². The molecule has 1 aromatic rings. The van der Waals surface area contributed by atoms with Gasteiger partial charge in [-0.1, -0.05) is 19.1 Å². The fourth-order valence-corrected chi connectivity index (χ4v) is 2.69. The molecule has 0 amide bonds. The zero-order valence-corrected chi connectivity index (χ0v) is 7.79. The highest BCUT2D eigenvalue weighted by Gasteiger charge is 2.39. The molecule has 0 aliphatic heterocycles. The van der Waals surface area contributed by atoms with Crippen molar-refractivity contribution in [3.8, 4) is 0 Å². The van der Waals surface area contributed by atoms with Crippen LogP contribution in [0.3, 0.4) is 0 Å². The average molecular weight is 164 g/mol. The summed E-state index contributed by atoms with van der Waals surface area (Å²) in [6.07, 6.45) is 1.20. The molecule has 58 valence electrons. The Morgan fingerprint density at radius 2 is 2.36 bits per heavy atom. The molecule has 2 rings (SSSR count). The van der Waals surface area contributed by atoms with Crippen LogP contribution in [0.1, 0.15) is 25.0 Å². The van der Waals surface area contributed by atoms with Gasteiger partial charge in [-0.15, -0.1) is 0 Å². The van der Waals surface area contributed by atoms with Gasteiger partial charge in [-0.3, -0.25) is 0 Å². The molecule has 0 radical (unpaired) electrons. The molecule has 1 unspecified atom stereocenters. The monoisotopic (exact) mass is 164 g/mol. The molecular weight excluding hydrogens is 152 g/mol. The van der Waals surface area contributed by atoms with Gasteiger partial charge in [0.2, 0.25) is 0 Å². The highest BCUT2D eigenvalue weighted by Crippen LogP contribution is 2.46. The first kappa shape index (κ1) is 7.11. The van der Waals surface area contributed by atoms with E-state index < -0.39 is 0 Å². The molecule has 0 spiro atoms. The molecule has 0 N–H and O–H groups in total. The first-order valence-corrected chi connectivity index (χ1v) is 4.80. The molecule has 11 heavy (non-hydrogen) atoms. The predicted molar refractivity (Wildman–Crippen MR) is 50.2 cm³/mol. The van der Waals surface area contributed by atoms with Crippen molar-refractivity contribution in [2.45, 2.75) is 25.7 Å². The summed E-state index contributed by atoms with van der Waals surface area (Å²) in [6, 6.07) is 0. The van der Waals surface area contributed by atoms with Crippen molar-refractivity contribution in [1.29, 1.82) is 0 Å². The zero-order chi connectivity index (χ0) is 8.06. The largest absolute Gasteiger partial charge is 0.152 e. The highest BCUT2D eigenvalue weighted by molar-refractivity contribution is 7.08. The summed E-state index contributed by atoms with van der Waals surface area (Å²) in [4.78, 5) is 0. The van der Waals surface area contributed by atoms with E-state index in [1.807, 2.05) is 11.3 Å². The molecule has 0 saturated heterocycles. The van der Waals surface area contributed by atoms with E-state index in [1.54, 1.807) is 0 Å². The quantitative estimate of drug-likeness (QED) is 0.559. The average Bonchev–Trinajstić information content (AvgIpc) is 2.29. The number of fused-ring (bicyclic) bond motifs is 1. The second-order valence-corrected chi connectivity index (χ2v) is 4.34. The Bertz CT molecular complexity index is 308. The molecule has 1 aliphatic carbocycles. The topological polar surface area (TPSA) is 0 Å². The van der Waals surface area contributed by atoms with Crippen LogP contribution in [0.5, 0.6) is 0 Å². The van der Waals surface area contributed by atoms with Crippen molar-refractivity contribution in [2.24, 2.45) is 0 Å². The van der Waals surface area contributed by atoms with Gasteiger partial charge >= 0.3 is 0 Å². The van der Waals surface area contributed by atoms with E-state index in [2.05, 4.69) is 31.2 Å². The maximum atomic E-state index is 4.03. The third kappa shape index (κ3) is 0.747. The Balaban J connectivity index is 2.46. The third-order valence-corrected chi connectivity index (χ3v) is 3.61. The number of hydrogen-bond acceptors (Lipinski definition) is 1. The van der Waals surface area contributed by atoms with Crippen LogP contribution < -0.4 is 0 Å². The van der Waals surface area contributed by atoms with Crippen LogP contribution in [0.25, 0.3) is 0 Å². The molecule has 1 atom stereocenters. The molecule has 1 aliphatic rings. The summed E-state index contributed by atoms with van der Waals surface area (Å²) in [7, 11) is 0. The van der Waals surface area contributed by atoms with Gasteiger partial charge in [-0.2, -0.15) is 11.3 Å². The summed E-state index contributed by atoms with van der Waals surface area (Å²) >= 11 is 1.81. The van der Waals surface area contributed by atoms with Gasteiger partial charge in [0.05, 0.1) is 0 Å². The van der Waals surface area contributed by atoms with E-state index in [0.29, 0.717) is 5.41 Å². The molecule has 1 aromatic heterocycles. The lowest BCUT2D eigenvalue weighted by Gasteiger charge is -2.39. The molecule has 0 fully saturated rings. The molecule has 1 heterocycles. The SMILES string of the molecule is C=C(C)C1(C)Cc2cscc21. The molecule has 0 nitrogen and oxygen atoms in total. The summed E-state index contributed by atoms with van der Waals surface area (Å²) in [5.74, 6) is 0. The number of hydrogen-bond donors (Lipinski definition) is 0. The Labute approximate surface area is 71.6 Å². The van der Waals surface area contributed by atoms with Crippen LogP contribution in [-0.2, 0) is 11.8 Å². The number of rotatable bonds is 1. The van der Waals surface area contributed by atoms with Crippen LogP contribution in [0.4, 0.5) is 0 Å². The van der Waals surface area contributed by atoms with E-state index >= 15 is 0 Å². The third-order valence-electron chi connectivity index (χ3n) is 2.82. The Morgan fingerprint density at radius 1 is 1.64 bits per heavy atom. The van der Waals surface area contributed by atoms with Crippen LogP contribution in [-0.4, -0.2) is 0 Å². The molecule has 0 bridgehead atoms. The van der Waals surface area contributed by atoms with E-state index in [0.717, 1.165) is 0 Å². The van der Waals surface area contributed by atoms with Gasteiger partial charge in [-0.25, -0.2) is 0 Å². The predicted octanol–water partition coefficient (Wildman–Crippen LogP) is 3.14. The van der Waals surface area contributed by atoms with Crippen molar-refractivity contribution in [1.82, 2.24) is 0 Å². The van der Waals surface area contributed by atoms with E-state index in [-0.39, 0.29) is 0 Å². The van der Waals surface area contributed by atoms with E-state index in [9.17, 15) is 0 Å². The fourth-order valence-electron chi connectivity index (χ4n) is 1.69. The Hall–Kier alpha value is -0.560. The maximum Gasteiger partial charge on any atom is 0.0179 e. The second-order valence-electron chi connectivity index (χ2n) is 3.60. The summed E-state index contributed by atoms with van der Waals surface area (Å²) < 4.78 is 0. The highest BCUT2D eigenvalue weighted by atomic mass is 32.1. The molecule has 0 aromatic carbocycles. The molecule has 0 saturated carbocycles. The summed E-state index contributed by atoms with van der Waals surface area (Å²) in [5.41, 5.74) is 4.63. The zero-order valence-electron chi connectivity index (χ0n) is 6.98. The summed E-state index contributed by atoms with van der Waals surface area (Å²) in [5, 5.41) is 4.51. The first-order chi connectivity index (χ1) is 5.14. The van der Waals surface area contributed by atoms with Crippen LogP contribution >= 0.6 is 11.3 Å². The minimum absolute atomic E-state index is 0.301. The lowest BCUT2D eigenvalue weighted by atomic mass is 9.64. The second kappa shape index (κ2) is 1.98. The van der Waals surface area contributed by atoms with Crippen LogP contribution in [0.15, 0.2) is 22.9 Å². The standard InChI is InChI=1S/C10H12S/c1-7(2)10(3)4-8-5-11-6-9(8)10/h5-6H,1,4H2,2-3H3. The van der Waals surface area contributed by atoms with Crippen molar-refractivity contribution >= 4 is 11.3 Å². The Kier molecular flexibility index (Phi) is 1.28. The van der Waals surface area contributed by atoms with E-state index in [1.165, 1.54) is 23.1 Å². The van der Waals surface area contributed by atoms with Crippen molar-refractivity contribution in [3.05, 3.63) is 34.0 Å². The van der Waals surface area contributed by atoms with Gasteiger partial charge in [-0.05, 0) is 35.2 Å². The van der Waals surface area contributed by atoms with Crippen molar-refractivity contribution in [3.63, 3.8) is 0 Å². The molecule has 1 heteroatoms. The van der Waals surface area contributed by atoms with Crippen molar-refractivity contribution < 1.29 is 0 Å². The normalized spacial score (nSPS) is 27.5. The van der Waals surface area contributed by atoms with Gasteiger partial charge in [0.25, 0.3) is 0 Å². The van der Waals surface area contributed by atoms with Gasteiger partial charge in [0.1, 0.15) is 0 Å². The Morgan fingerprint density at radius 3 is 2.91 bits per heavy atom. The lowest BCUT2D eigenvalue weighted by molar-refractivity contribution is 0.491. The van der Waals surface area contributed by atoms with Crippen LogP contribution in [0.2, 0.25) is 0 Å². The summed E-state index contributed by atoms with van der Waals surface area (Å²) in [6.45, 7) is 8.44. The first-order valence-electron chi connectivity index (χ1n) is 3.86. The maximum absolute atomic E-state index is 4.03. The fraction of sp³-hybridized carbons (Fsp3) is 0.400. The number of allylic oxidation sites excluding steroid dienone is 1. The minimum Gasteiger partial charge on any atom is -0.152 e. The van der Waals surface area contributed by atoms with E-state index in [4.69, 9.17) is 0 Å². The minimum atomic E-state index is 0.301. The van der Waals surface area contributed by atoms with Crippen molar-refractivity contribution in [2.75, 3.05) is 0 Å².